The van der Waals surface area contributed by atoms with Crippen molar-refractivity contribution >= 4 is 0 Å². The van der Waals surface area contributed by atoms with Crippen molar-refractivity contribution in [3.05, 3.63) is 17.7 Å². The highest BCUT2D eigenvalue weighted by Crippen LogP contribution is 2.35. The molecule has 0 spiro atoms. The molecule has 72 valence electrons. The van der Waals surface area contributed by atoms with Crippen LogP contribution in [-0.2, 0) is 0 Å². The van der Waals surface area contributed by atoms with Crippen molar-refractivity contribution in [3.8, 4) is 17.2 Å². The van der Waals surface area contributed by atoms with Crippen molar-refractivity contribution in [1.29, 1.82) is 0 Å². The van der Waals surface area contributed by atoms with Crippen LogP contribution in [0.4, 0.5) is 0 Å². The molecule has 0 aliphatic rings. The third-order valence-electron chi connectivity index (χ3n) is 1.96. The molecule has 1 atom stereocenters. The summed E-state index contributed by atoms with van der Waals surface area (Å²) in [7, 11) is 0. The van der Waals surface area contributed by atoms with Gasteiger partial charge in [0.05, 0.1) is 0 Å². The predicted molar refractivity (Wildman–Crippen MR) is 48.7 cm³/mol. The van der Waals surface area contributed by atoms with Crippen molar-refractivity contribution in [1.82, 2.24) is 0 Å². The van der Waals surface area contributed by atoms with Gasteiger partial charge >= 0.3 is 0 Å². The van der Waals surface area contributed by atoms with E-state index in [0.717, 1.165) is 6.07 Å². The van der Waals surface area contributed by atoms with Gasteiger partial charge in [-0.2, -0.15) is 0 Å². The number of aromatic hydroxyl groups is 3. The highest BCUT2D eigenvalue weighted by Gasteiger charge is 2.12. The molecule has 0 radical (unpaired) electrons. The average molecular weight is 183 g/mol. The highest BCUT2D eigenvalue weighted by atomic mass is 16.3. The van der Waals surface area contributed by atoms with Crippen LogP contribution in [0.3, 0.4) is 0 Å². The fraction of sp³-hybridized carbons (Fsp3) is 0.333. The van der Waals surface area contributed by atoms with Gasteiger partial charge in [-0.05, 0) is 12.5 Å². The minimum atomic E-state index is -0.343. The maximum Gasteiger partial charge on any atom is 0.161 e. The average Bonchev–Trinajstić information content (AvgIpc) is 2.10. The molecule has 1 aromatic carbocycles. The maximum absolute atomic E-state index is 9.37. The van der Waals surface area contributed by atoms with Gasteiger partial charge in [0.2, 0.25) is 0 Å². The second kappa shape index (κ2) is 3.53. The van der Waals surface area contributed by atoms with Gasteiger partial charge in [-0.25, -0.2) is 0 Å². The van der Waals surface area contributed by atoms with E-state index in [2.05, 4.69) is 0 Å². The summed E-state index contributed by atoms with van der Waals surface area (Å²) in [6.07, 6.45) is 0.651. The molecule has 0 amide bonds. The molecule has 1 aromatic rings. The predicted octanol–water partition coefficient (Wildman–Crippen LogP) is 1.21. The summed E-state index contributed by atoms with van der Waals surface area (Å²) in [5.41, 5.74) is 6.10. The van der Waals surface area contributed by atoms with Gasteiger partial charge in [-0.3, -0.25) is 0 Å². The largest absolute Gasteiger partial charge is 0.507 e. The fourth-order valence-corrected chi connectivity index (χ4v) is 1.10. The van der Waals surface area contributed by atoms with Crippen molar-refractivity contribution < 1.29 is 15.3 Å². The number of hydrogen-bond donors (Lipinski definition) is 4. The quantitative estimate of drug-likeness (QED) is 0.410. The minimum Gasteiger partial charge on any atom is -0.507 e. The lowest BCUT2D eigenvalue weighted by atomic mass is 10.0. The first-order valence-electron chi connectivity index (χ1n) is 4.06. The molecular formula is C9H13NO3. The Labute approximate surface area is 76.2 Å². The van der Waals surface area contributed by atoms with Crippen LogP contribution in [0.15, 0.2) is 12.1 Å². The lowest BCUT2D eigenvalue weighted by molar-refractivity contribution is 0.392. The van der Waals surface area contributed by atoms with Crippen molar-refractivity contribution in [2.24, 2.45) is 5.73 Å². The van der Waals surface area contributed by atoms with E-state index in [9.17, 15) is 5.11 Å². The first-order chi connectivity index (χ1) is 6.06. The monoisotopic (exact) mass is 183 g/mol. The summed E-state index contributed by atoms with van der Waals surface area (Å²) in [6, 6.07) is 2.03. The van der Waals surface area contributed by atoms with Gasteiger partial charge in [0.1, 0.15) is 5.75 Å². The summed E-state index contributed by atoms with van der Waals surface area (Å²) in [5.74, 6) is -0.703. The molecular weight excluding hydrogens is 170 g/mol. The molecule has 0 aliphatic heterocycles. The zero-order chi connectivity index (χ0) is 10.0. The Kier molecular flexibility index (Phi) is 2.63. The molecule has 0 aliphatic carbocycles. The Morgan fingerprint density at radius 1 is 1.15 bits per heavy atom. The first kappa shape index (κ1) is 9.67. The number of nitrogens with two attached hydrogens (primary N) is 1. The van der Waals surface area contributed by atoms with Crippen LogP contribution in [0.25, 0.3) is 0 Å². The number of phenols is 3. The van der Waals surface area contributed by atoms with Crippen molar-refractivity contribution in [2.75, 3.05) is 0 Å². The summed E-state index contributed by atoms with van der Waals surface area (Å²) >= 11 is 0. The van der Waals surface area contributed by atoms with Gasteiger partial charge in [0.15, 0.2) is 11.5 Å². The molecule has 0 saturated heterocycles. The second-order valence-electron chi connectivity index (χ2n) is 2.91. The minimum absolute atomic E-state index is 0.0929. The van der Waals surface area contributed by atoms with Crippen LogP contribution in [0, 0.1) is 0 Å². The fourth-order valence-electron chi connectivity index (χ4n) is 1.10. The van der Waals surface area contributed by atoms with Crippen LogP contribution < -0.4 is 5.73 Å². The molecule has 0 unspecified atom stereocenters. The van der Waals surface area contributed by atoms with E-state index in [0.29, 0.717) is 12.0 Å². The summed E-state index contributed by atoms with van der Waals surface area (Å²) in [4.78, 5) is 0. The Morgan fingerprint density at radius 2 is 1.69 bits per heavy atom. The van der Waals surface area contributed by atoms with E-state index in [1.807, 2.05) is 6.92 Å². The standard InChI is InChI=1S/C9H13NO3/c1-2-6(10)5-3-8(12)9(13)4-7(5)11/h3-4,6,11-13H,2,10H2,1H3/t6-/m1/s1. The molecule has 1 rings (SSSR count). The van der Waals surface area contributed by atoms with Crippen LogP contribution >= 0.6 is 0 Å². The molecule has 4 nitrogen and oxygen atoms in total. The first-order valence-corrected chi connectivity index (χ1v) is 4.06. The topological polar surface area (TPSA) is 86.7 Å². The van der Waals surface area contributed by atoms with Gasteiger partial charge in [-0.1, -0.05) is 6.92 Å². The van der Waals surface area contributed by atoms with Crippen LogP contribution in [0.1, 0.15) is 24.9 Å². The van der Waals surface area contributed by atoms with Crippen LogP contribution in [0.5, 0.6) is 17.2 Å². The molecule has 0 aromatic heterocycles. The summed E-state index contributed by atoms with van der Waals surface area (Å²) < 4.78 is 0. The molecule has 0 heterocycles. The molecule has 4 heteroatoms. The van der Waals surface area contributed by atoms with Crippen LogP contribution in [-0.4, -0.2) is 15.3 Å². The normalized spacial score (nSPS) is 12.8. The molecule has 5 N–H and O–H groups in total. The summed E-state index contributed by atoms with van der Waals surface area (Å²) in [6.45, 7) is 1.87. The van der Waals surface area contributed by atoms with Gasteiger partial charge in [0.25, 0.3) is 0 Å². The lowest BCUT2D eigenvalue weighted by Crippen LogP contribution is -2.08. The van der Waals surface area contributed by atoms with E-state index in [-0.39, 0.29) is 23.3 Å². The number of phenolic OH excluding ortho intramolecular Hbond substituents is 3. The van der Waals surface area contributed by atoms with E-state index < -0.39 is 0 Å². The number of rotatable bonds is 2. The Bertz CT molecular complexity index is 312. The molecule has 0 bridgehead atoms. The third-order valence-corrected chi connectivity index (χ3v) is 1.96. The zero-order valence-electron chi connectivity index (χ0n) is 7.36. The Hall–Kier alpha value is -1.42. The van der Waals surface area contributed by atoms with Crippen LogP contribution in [0.2, 0.25) is 0 Å². The van der Waals surface area contributed by atoms with Gasteiger partial charge in [0, 0.05) is 17.7 Å². The van der Waals surface area contributed by atoms with Crippen molar-refractivity contribution in [3.63, 3.8) is 0 Å². The smallest absolute Gasteiger partial charge is 0.161 e. The molecule has 13 heavy (non-hydrogen) atoms. The van der Waals surface area contributed by atoms with Gasteiger partial charge < -0.3 is 21.1 Å². The van der Waals surface area contributed by atoms with E-state index in [1.165, 1.54) is 6.07 Å². The van der Waals surface area contributed by atoms with E-state index in [1.54, 1.807) is 0 Å². The Morgan fingerprint density at radius 3 is 2.23 bits per heavy atom. The van der Waals surface area contributed by atoms with E-state index >= 15 is 0 Å². The highest BCUT2D eigenvalue weighted by molar-refractivity contribution is 5.49. The van der Waals surface area contributed by atoms with Crippen molar-refractivity contribution in [2.45, 2.75) is 19.4 Å². The maximum atomic E-state index is 9.37. The number of hydrogen-bond acceptors (Lipinski definition) is 4. The second-order valence-corrected chi connectivity index (χ2v) is 2.91. The zero-order valence-corrected chi connectivity index (χ0v) is 7.36. The van der Waals surface area contributed by atoms with Gasteiger partial charge in [-0.15, -0.1) is 0 Å². The number of benzene rings is 1. The molecule has 0 fully saturated rings. The SMILES string of the molecule is CC[C@@H](N)c1cc(O)c(O)cc1O. The third kappa shape index (κ3) is 1.84. The van der Waals surface area contributed by atoms with E-state index in [4.69, 9.17) is 15.9 Å². The molecule has 0 saturated carbocycles. The summed E-state index contributed by atoms with van der Waals surface area (Å²) in [5, 5.41) is 27.5. The Balaban J connectivity index is 3.15. The lowest BCUT2D eigenvalue weighted by Gasteiger charge is -2.12.